The van der Waals surface area contributed by atoms with E-state index in [9.17, 15) is 4.79 Å². The second-order valence-electron chi connectivity index (χ2n) is 5.79. The molecule has 6 heteroatoms. The highest BCUT2D eigenvalue weighted by Crippen LogP contribution is 2.16. The van der Waals surface area contributed by atoms with E-state index in [1.54, 1.807) is 0 Å². The Kier molecular flexibility index (Phi) is 5.35. The van der Waals surface area contributed by atoms with Crippen LogP contribution in [0.25, 0.3) is 0 Å². The first-order chi connectivity index (χ1) is 10.5. The lowest BCUT2D eigenvalue weighted by atomic mass is 10.2. The maximum Gasteiger partial charge on any atom is 0.226 e. The van der Waals surface area contributed by atoms with Gasteiger partial charge in [0.2, 0.25) is 11.8 Å². The van der Waals surface area contributed by atoms with Crippen molar-refractivity contribution >= 4 is 5.91 Å². The molecule has 0 aliphatic heterocycles. The summed E-state index contributed by atoms with van der Waals surface area (Å²) in [5, 5.41) is 6.82. The number of amides is 1. The highest BCUT2D eigenvalue weighted by atomic mass is 16.5. The number of hydrogen-bond acceptors (Lipinski definition) is 5. The van der Waals surface area contributed by atoms with E-state index in [0.29, 0.717) is 31.0 Å². The number of hydrogen-bond donors (Lipinski definition) is 1. The summed E-state index contributed by atoms with van der Waals surface area (Å²) in [6.45, 7) is 7.82. The first kappa shape index (κ1) is 16.3. The summed E-state index contributed by atoms with van der Waals surface area (Å²) < 4.78 is 10.7. The average molecular weight is 305 g/mol. The standard InChI is InChI=1S/C16H23N3O3/c1-10(2)16-18-15(22-19-16)7-5-6-14(20)17-12(4)13-9-8-11(3)21-13/h8-10,12H,5-7H2,1-4H3,(H,17,20)/t12-/m0/s1. The zero-order valence-electron chi connectivity index (χ0n) is 13.5. The molecule has 1 atom stereocenters. The Balaban J connectivity index is 1.73. The van der Waals surface area contributed by atoms with Crippen LogP contribution in [0.2, 0.25) is 0 Å². The van der Waals surface area contributed by atoms with Gasteiger partial charge in [0.15, 0.2) is 5.82 Å². The van der Waals surface area contributed by atoms with E-state index >= 15 is 0 Å². The quantitative estimate of drug-likeness (QED) is 0.848. The number of furan rings is 1. The molecule has 0 aromatic carbocycles. The largest absolute Gasteiger partial charge is 0.464 e. The summed E-state index contributed by atoms with van der Waals surface area (Å²) in [6.07, 6.45) is 1.71. The van der Waals surface area contributed by atoms with Crippen LogP contribution in [0.3, 0.4) is 0 Å². The van der Waals surface area contributed by atoms with Gasteiger partial charge in [0, 0.05) is 18.8 Å². The Bertz CT molecular complexity index is 616. The Morgan fingerprint density at radius 3 is 2.68 bits per heavy atom. The number of nitrogens with zero attached hydrogens (tertiary/aromatic N) is 2. The SMILES string of the molecule is Cc1ccc([C@H](C)NC(=O)CCCc2nc(C(C)C)no2)o1. The normalized spacial score (nSPS) is 12.6. The number of rotatable bonds is 7. The fraction of sp³-hybridized carbons (Fsp3) is 0.562. The van der Waals surface area contributed by atoms with Crippen LogP contribution in [0.4, 0.5) is 0 Å². The molecule has 2 rings (SSSR count). The van der Waals surface area contributed by atoms with Crippen molar-refractivity contribution in [2.24, 2.45) is 0 Å². The third kappa shape index (κ3) is 4.44. The van der Waals surface area contributed by atoms with Crippen molar-refractivity contribution in [3.8, 4) is 0 Å². The van der Waals surface area contributed by atoms with E-state index in [0.717, 1.165) is 11.5 Å². The zero-order valence-corrected chi connectivity index (χ0v) is 13.5. The minimum absolute atomic E-state index is 0.00912. The van der Waals surface area contributed by atoms with Crippen molar-refractivity contribution in [3.05, 3.63) is 35.4 Å². The number of carbonyl (C=O) groups excluding carboxylic acids is 1. The predicted molar refractivity (Wildman–Crippen MR) is 81.3 cm³/mol. The molecule has 0 saturated heterocycles. The molecule has 0 fully saturated rings. The Morgan fingerprint density at radius 1 is 1.32 bits per heavy atom. The number of nitrogens with one attached hydrogen (secondary N) is 1. The molecule has 2 heterocycles. The van der Waals surface area contributed by atoms with Gasteiger partial charge in [0.25, 0.3) is 0 Å². The maximum atomic E-state index is 11.9. The van der Waals surface area contributed by atoms with E-state index in [4.69, 9.17) is 8.94 Å². The summed E-state index contributed by atoms with van der Waals surface area (Å²) in [5.41, 5.74) is 0. The average Bonchev–Trinajstić information content (AvgIpc) is 3.07. The summed E-state index contributed by atoms with van der Waals surface area (Å²) in [6, 6.07) is 3.64. The van der Waals surface area contributed by atoms with Crippen molar-refractivity contribution in [2.75, 3.05) is 0 Å². The maximum absolute atomic E-state index is 11.9. The van der Waals surface area contributed by atoms with Crippen LogP contribution in [0.15, 0.2) is 21.1 Å². The molecule has 2 aromatic heterocycles. The second kappa shape index (κ2) is 7.24. The van der Waals surface area contributed by atoms with Gasteiger partial charge in [-0.05, 0) is 32.4 Å². The van der Waals surface area contributed by atoms with E-state index < -0.39 is 0 Å². The van der Waals surface area contributed by atoms with Crippen molar-refractivity contribution < 1.29 is 13.7 Å². The highest BCUT2D eigenvalue weighted by Gasteiger charge is 2.14. The van der Waals surface area contributed by atoms with Gasteiger partial charge in [-0.15, -0.1) is 0 Å². The molecule has 0 aliphatic carbocycles. The molecule has 2 aromatic rings. The van der Waals surface area contributed by atoms with Gasteiger partial charge >= 0.3 is 0 Å². The molecule has 0 spiro atoms. The Morgan fingerprint density at radius 2 is 2.09 bits per heavy atom. The first-order valence-electron chi connectivity index (χ1n) is 7.64. The zero-order chi connectivity index (χ0) is 16.1. The predicted octanol–water partition coefficient (Wildman–Crippen LogP) is 3.29. The Hall–Kier alpha value is -2.11. The molecular weight excluding hydrogens is 282 g/mol. The molecule has 22 heavy (non-hydrogen) atoms. The number of aromatic nitrogens is 2. The lowest BCUT2D eigenvalue weighted by molar-refractivity contribution is -0.121. The van der Waals surface area contributed by atoms with Gasteiger partial charge in [-0.1, -0.05) is 19.0 Å². The number of carbonyl (C=O) groups is 1. The summed E-state index contributed by atoms with van der Waals surface area (Å²) >= 11 is 0. The fourth-order valence-corrected chi connectivity index (χ4v) is 2.08. The molecule has 1 amide bonds. The minimum Gasteiger partial charge on any atom is -0.464 e. The van der Waals surface area contributed by atoms with E-state index in [-0.39, 0.29) is 17.9 Å². The molecule has 0 saturated carbocycles. The van der Waals surface area contributed by atoms with Crippen LogP contribution in [0.5, 0.6) is 0 Å². The molecule has 0 unspecified atom stereocenters. The van der Waals surface area contributed by atoms with Gasteiger partial charge in [-0.2, -0.15) is 4.98 Å². The van der Waals surface area contributed by atoms with Gasteiger partial charge in [-0.25, -0.2) is 0 Å². The van der Waals surface area contributed by atoms with Crippen LogP contribution < -0.4 is 5.32 Å². The van der Waals surface area contributed by atoms with E-state index in [1.165, 1.54) is 0 Å². The third-order valence-corrected chi connectivity index (χ3v) is 3.36. The molecule has 1 N–H and O–H groups in total. The topological polar surface area (TPSA) is 81.2 Å². The van der Waals surface area contributed by atoms with Crippen molar-refractivity contribution in [2.45, 2.75) is 58.9 Å². The Labute approximate surface area is 130 Å². The monoisotopic (exact) mass is 305 g/mol. The van der Waals surface area contributed by atoms with Crippen LogP contribution in [-0.4, -0.2) is 16.0 Å². The molecule has 120 valence electrons. The molecule has 6 nitrogen and oxygen atoms in total. The first-order valence-corrected chi connectivity index (χ1v) is 7.64. The van der Waals surface area contributed by atoms with Crippen LogP contribution in [0.1, 0.15) is 68.8 Å². The van der Waals surface area contributed by atoms with Gasteiger partial charge < -0.3 is 14.3 Å². The van der Waals surface area contributed by atoms with E-state index in [2.05, 4.69) is 15.5 Å². The van der Waals surface area contributed by atoms with Crippen molar-refractivity contribution in [3.63, 3.8) is 0 Å². The fourth-order valence-electron chi connectivity index (χ4n) is 2.08. The minimum atomic E-state index is -0.128. The summed E-state index contributed by atoms with van der Waals surface area (Å²) in [4.78, 5) is 16.2. The number of aryl methyl sites for hydroxylation is 2. The van der Waals surface area contributed by atoms with Crippen LogP contribution >= 0.6 is 0 Å². The molecular formula is C16H23N3O3. The lowest BCUT2D eigenvalue weighted by Gasteiger charge is -2.11. The van der Waals surface area contributed by atoms with Gasteiger partial charge in [-0.3, -0.25) is 4.79 Å². The van der Waals surface area contributed by atoms with Gasteiger partial charge in [0.05, 0.1) is 6.04 Å². The van der Waals surface area contributed by atoms with Crippen LogP contribution in [-0.2, 0) is 11.2 Å². The van der Waals surface area contributed by atoms with E-state index in [1.807, 2.05) is 39.8 Å². The van der Waals surface area contributed by atoms with Crippen LogP contribution in [0, 0.1) is 6.92 Å². The third-order valence-electron chi connectivity index (χ3n) is 3.36. The lowest BCUT2D eigenvalue weighted by Crippen LogP contribution is -2.26. The van der Waals surface area contributed by atoms with Gasteiger partial charge in [0.1, 0.15) is 11.5 Å². The van der Waals surface area contributed by atoms with Crippen molar-refractivity contribution in [1.29, 1.82) is 0 Å². The molecule has 0 aliphatic rings. The smallest absolute Gasteiger partial charge is 0.226 e. The highest BCUT2D eigenvalue weighted by molar-refractivity contribution is 5.76. The molecule has 0 radical (unpaired) electrons. The summed E-state index contributed by atoms with van der Waals surface area (Å²) in [5.74, 6) is 3.15. The van der Waals surface area contributed by atoms with Crippen molar-refractivity contribution in [1.82, 2.24) is 15.5 Å². The second-order valence-corrected chi connectivity index (χ2v) is 5.79. The molecule has 0 bridgehead atoms. The summed E-state index contributed by atoms with van der Waals surface area (Å²) in [7, 11) is 0.